The number of rotatable bonds is 6. The molecule has 6 nitrogen and oxygen atoms in total. The first-order valence-electron chi connectivity index (χ1n) is 7.53. The van der Waals surface area contributed by atoms with Crippen molar-refractivity contribution in [1.29, 1.82) is 0 Å². The maximum absolute atomic E-state index is 14.1. The third kappa shape index (κ3) is 4.79. The van der Waals surface area contributed by atoms with Crippen molar-refractivity contribution >= 4 is 11.7 Å². The van der Waals surface area contributed by atoms with Gasteiger partial charge in [0.15, 0.2) is 5.82 Å². The van der Waals surface area contributed by atoms with Gasteiger partial charge in [-0.2, -0.15) is 5.10 Å². The molecule has 2 amide bonds. The maximum Gasteiger partial charge on any atom is 0.319 e. The molecule has 3 N–H and O–H groups in total. The molecule has 1 heterocycles. The summed E-state index contributed by atoms with van der Waals surface area (Å²) in [5.41, 5.74) is 1.60. The van der Waals surface area contributed by atoms with Crippen LogP contribution in [0.15, 0.2) is 30.6 Å². The summed E-state index contributed by atoms with van der Waals surface area (Å²) in [6.45, 7) is 4.10. The van der Waals surface area contributed by atoms with Gasteiger partial charge in [-0.25, -0.2) is 13.9 Å². The lowest BCUT2D eigenvalue weighted by Gasteiger charge is -2.11. The number of hydrogen-bond donors (Lipinski definition) is 3. The van der Waals surface area contributed by atoms with Crippen molar-refractivity contribution in [1.82, 2.24) is 15.1 Å². The minimum absolute atomic E-state index is 0.315. The normalized spacial score (nSPS) is 12.0. The van der Waals surface area contributed by atoms with Gasteiger partial charge in [-0.05, 0) is 43.5 Å². The number of amides is 2. The zero-order valence-corrected chi connectivity index (χ0v) is 13.2. The molecule has 0 spiro atoms. The minimum Gasteiger partial charge on any atom is -0.393 e. The molecule has 2 rings (SSSR count). The van der Waals surface area contributed by atoms with Crippen LogP contribution in [0, 0.1) is 12.7 Å². The summed E-state index contributed by atoms with van der Waals surface area (Å²) in [7, 11) is 0. The molecule has 7 heteroatoms. The topological polar surface area (TPSA) is 79.2 Å². The molecule has 0 bridgehead atoms. The van der Waals surface area contributed by atoms with Crippen LogP contribution in [0.3, 0.4) is 0 Å². The second-order valence-corrected chi connectivity index (χ2v) is 5.36. The lowest BCUT2D eigenvalue weighted by Crippen LogP contribution is -2.31. The fourth-order valence-corrected chi connectivity index (χ4v) is 2.05. The maximum atomic E-state index is 14.1. The van der Waals surface area contributed by atoms with E-state index in [-0.39, 0.29) is 0 Å². The number of aryl methyl sites for hydroxylation is 1. The van der Waals surface area contributed by atoms with Crippen LogP contribution in [0.2, 0.25) is 0 Å². The van der Waals surface area contributed by atoms with Crippen LogP contribution in [0.4, 0.5) is 14.9 Å². The molecule has 0 aliphatic rings. The quantitative estimate of drug-likeness (QED) is 0.765. The summed E-state index contributed by atoms with van der Waals surface area (Å²) in [5, 5.41) is 18.6. The Kier molecular flexibility index (Phi) is 5.70. The number of aliphatic hydroxyl groups excluding tert-OH is 1. The molecule has 0 radical (unpaired) electrons. The first-order valence-corrected chi connectivity index (χ1v) is 7.53. The highest BCUT2D eigenvalue weighted by molar-refractivity contribution is 5.89. The lowest BCUT2D eigenvalue weighted by molar-refractivity contribution is 0.160. The van der Waals surface area contributed by atoms with Crippen molar-refractivity contribution in [2.45, 2.75) is 32.8 Å². The van der Waals surface area contributed by atoms with Gasteiger partial charge in [0.25, 0.3) is 0 Å². The molecule has 0 aliphatic heterocycles. The van der Waals surface area contributed by atoms with Gasteiger partial charge in [0.1, 0.15) is 5.69 Å². The van der Waals surface area contributed by atoms with Crippen LogP contribution in [0.25, 0.3) is 5.69 Å². The minimum atomic E-state index is -0.479. The van der Waals surface area contributed by atoms with Gasteiger partial charge in [-0.15, -0.1) is 0 Å². The summed E-state index contributed by atoms with van der Waals surface area (Å²) in [6.07, 6.45) is 4.06. The Labute approximate surface area is 134 Å². The Hall–Kier alpha value is -2.41. The first kappa shape index (κ1) is 17.0. The predicted octanol–water partition coefficient (Wildman–Crippen LogP) is 2.60. The SMILES string of the molecule is CCC(O)CCNC(=O)Nc1ccc(-n2cc(C)cn2)c(F)c1. The van der Waals surface area contributed by atoms with E-state index in [1.165, 1.54) is 10.7 Å². The van der Waals surface area contributed by atoms with Crippen molar-refractivity contribution in [3.05, 3.63) is 42.0 Å². The number of anilines is 1. The molecular weight excluding hydrogens is 299 g/mol. The van der Waals surface area contributed by atoms with E-state index in [2.05, 4.69) is 15.7 Å². The van der Waals surface area contributed by atoms with Gasteiger partial charge in [-0.3, -0.25) is 0 Å². The number of benzene rings is 1. The van der Waals surface area contributed by atoms with Crippen molar-refractivity contribution in [2.75, 3.05) is 11.9 Å². The van der Waals surface area contributed by atoms with Crippen LogP contribution >= 0.6 is 0 Å². The summed E-state index contributed by atoms with van der Waals surface area (Å²) in [6, 6.07) is 3.97. The van der Waals surface area contributed by atoms with E-state index in [0.717, 1.165) is 5.56 Å². The van der Waals surface area contributed by atoms with Crippen LogP contribution in [0.5, 0.6) is 0 Å². The number of aromatic nitrogens is 2. The van der Waals surface area contributed by atoms with Gasteiger partial charge < -0.3 is 15.7 Å². The number of urea groups is 1. The smallest absolute Gasteiger partial charge is 0.319 e. The second kappa shape index (κ2) is 7.73. The van der Waals surface area contributed by atoms with E-state index in [9.17, 15) is 14.3 Å². The monoisotopic (exact) mass is 320 g/mol. The number of nitrogens with zero attached hydrogens (tertiary/aromatic N) is 2. The van der Waals surface area contributed by atoms with Gasteiger partial charge in [0.05, 0.1) is 12.3 Å². The Morgan fingerprint density at radius 3 is 2.87 bits per heavy atom. The largest absolute Gasteiger partial charge is 0.393 e. The van der Waals surface area contributed by atoms with Crippen molar-refractivity contribution in [3.8, 4) is 5.69 Å². The fraction of sp³-hybridized carbons (Fsp3) is 0.375. The van der Waals surface area contributed by atoms with Crippen LogP contribution in [-0.2, 0) is 0 Å². The molecule has 1 atom stereocenters. The zero-order chi connectivity index (χ0) is 16.8. The second-order valence-electron chi connectivity index (χ2n) is 5.36. The van der Waals surface area contributed by atoms with Gasteiger partial charge in [0.2, 0.25) is 0 Å². The van der Waals surface area contributed by atoms with Gasteiger partial charge >= 0.3 is 6.03 Å². The molecule has 0 saturated heterocycles. The van der Waals surface area contributed by atoms with Crippen LogP contribution in [-0.4, -0.2) is 33.6 Å². The van der Waals surface area contributed by atoms with E-state index in [1.54, 1.807) is 24.5 Å². The Bertz CT molecular complexity index is 672. The van der Waals surface area contributed by atoms with E-state index in [4.69, 9.17) is 0 Å². The number of carbonyl (C=O) groups excluding carboxylic acids is 1. The molecule has 0 saturated carbocycles. The lowest BCUT2D eigenvalue weighted by atomic mass is 10.2. The Morgan fingerprint density at radius 2 is 2.26 bits per heavy atom. The van der Waals surface area contributed by atoms with Gasteiger partial charge in [-0.1, -0.05) is 6.92 Å². The molecule has 23 heavy (non-hydrogen) atoms. The van der Waals surface area contributed by atoms with E-state index >= 15 is 0 Å². The van der Waals surface area contributed by atoms with Gasteiger partial charge in [0, 0.05) is 18.4 Å². The van der Waals surface area contributed by atoms with Crippen molar-refractivity contribution in [3.63, 3.8) is 0 Å². The van der Waals surface area contributed by atoms with Crippen molar-refractivity contribution in [2.24, 2.45) is 0 Å². The highest BCUT2D eigenvalue weighted by Crippen LogP contribution is 2.18. The number of hydrogen-bond acceptors (Lipinski definition) is 3. The number of halogens is 1. The summed E-state index contributed by atoms with van der Waals surface area (Å²) in [4.78, 5) is 11.7. The zero-order valence-electron chi connectivity index (χ0n) is 13.2. The highest BCUT2D eigenvalue weighted by Gasteiger charge is 2.09. The average molecular weight is 320 g/mol. The summed E-state index contributed by atoms with van der Waals surface area (Å²) >= 11 is 0. The molecule has 0 fully saturated rings. The highest BCUT2D eigenvalue weighted by atomic mass is 19.1. The molecule has 1 aromatic carbocycles. The van der Waals surface area contributed by atoms with Crippen molar-refractivity contribution < 1.29 is 14.3 Å². The van der Waals surface area contributed by atoms with E-state index in [0.29, 0.717) is 30.8 Å². The fourth-order valence-electron chi connectivity index (χ4n) is 2.05. The number of aliphatic hydroxyl groups is 1. The van der Waals surface area contributed by atoms with E-state index in [1.807, 2.05) is 13.8 Å². The Morgan fingerprint density at radius 1 is 1.48 bits per heavy atom. The molecule has 2 aromatic rings. The first-order chi connectivity index (χ1) is 11.0. The summed E-state index contributed by atoms with van der Waals surface area (Å²) in [5.74, 6) is -0.479. The number of nitrogens with one attached hydrogen (secondary N) is 2. The number of carbonyl (C=O) groups is 1. The average Bonchev–Trinajstić information content (AvgIpc) is 2.93. The Balaban J connectivity index is 1.94. The standard InChI is InChI=1S/C16H21FN4O2/c1-3-13(22)6-7-18-16(23)20-12-4-5-15(14(17)8-12)21-10-11(2)9-19-21/h4-5,8-10,13,22H,3,6-7H2,1-2H3,(H2,18,20,23). The third-order valence-electron chi connectivity index (χ3n) is 3.40. The molecular formula is C16H21FN4O2. The predicted molar refractivity (Wildman–Crippen MR) is 86.2 cm³/mol. The van der Waals surface area contributed by atoms with Crippen LogP contribution < -0.4 is 10.6 Å². The summed E-state index contributed by atoms with van der Waals surface area (Å²) < 4.78 is 15.6. The van der Waals surface area contributed by atoms with E-state index < -0.39 is 18.0 Å². The third-order valence-corrected chi connectivity index (χ3v) is 3.40. The molecule has 1 unspecified atom stereocenters. The molecule has 1 aromatic heterocycles. The molecule has 124 valence electrons. The van der Waals surface area contributed by atoms with Crippen LogP contribution in [0.1, 0.15) is 25.3 Å². The molecule has 0 aliphatic carbocycles.